The van der Waals surface area contributed by atoms with Crippen LogP contribution < -0.4 is 0 Å². The lowest BCUT2D eigenvalue weighted by Gasteiger charge is -2.12. The standard InChI is InChI=1S/C7H3BrF5N/c8-4-2-14-1-3(6(9)10)5(4)7(11,12)13/h1-2,6H. The average molecular weight is 276 g/mol. The van der Waals surface area contributed by atoms with E-state index in [4.69, 9.17) is 0 Å². The van der Waals surface area contributed by atoms with Crippen molar-refractivity contribution < 1.29 is 22.0 Å². The van der Waals surface area contributed by atoms with Gasteiger partial charge in [0.15, 0.2) is 0 Å². The summed E-state index contributed by atoms with van der Waals surface area (Å²) in [6.45, 7) is 0. The van der Waals surface area contributed by atoms with E-state index in [2.05, 4.69) is 20.9 Å². The Balaban J connectivity index is 3.38. The van der Waals surface area contributed by atoms with Crippen LogP contribution in [0, 0.1) is 0 Å². The van der Waals surface area contributed by atoms with E-state index in [1.54, 1.807) is 0 Å². The third-order valence-electron chi connectivity index (χ3n) is 1.45. The summed E-state index contributed by atoms with van der Waals surface area (Å²) in [5.74, 6) is 0. The van der Waals surface area contributed by atoms with Crippen molar-refractivity contribution in [2.75, 3.05) is 0 Å². The van der Waals surface area contributed by atoms with Gasteiger partial charge in [0.2, 0.25) is 0 Å². The van der Waals surface area contributed by atoms with Gasteiger partial charge in [-0.15, -0.1) is 0 Å². The Morgan fingerprint density at radius 2 is 1.79 bits per heavy atom. The zero-order chi connectivity index (χ0) is 10.9. The summed E-state index contributed by atoms with van der Waals surface area (Å²) in [7, 11) is 0. The number of nitrogens with zero attached hydrogens (tertiary/aromatic N) is 1. The molecule has 1 aromatic rings. The van der Waals surface area contributed by atoms with Crippen LogP contribution in [0.4, 0.5) is 22.0 Å². The summed E-state index contributed by atoms with van der Waals surface area (Å²) in [6, 6.07) is 0. The van der Waals surface area contributed by atoms with Gasteiger partial charge in [-0.1, -0.05) is 0 Å². The smallest absolute Gasteiger partial charge is 0.263 e. The average Bonchev–Trinajstić information content (AvgIpc) is 2.01. The van der Waals surface area contributed by atoms with E-state index in [1.807, 2.05) is 0 Å². The van der Waals surface area contributed by atoms with Crippen LogP contribution in [0.25, 0.3) is 0 Å². The van der Waals surface area contributed by atoms with E-state index < -0.39 is 28.2 Å². The molecule has 1 rings (SSSR count). The maximum absolute atomic E-state index is 12.3. The van der Waals surface area contributed by atoms with Gasteiger partial charge in [0, 0.05) is 22.4 Å². The summed E-state index contributed by atoms with van der Waals surface area (Å²) < 4.78 is 60.7. The molecule has 0 bridgehead atoms. The van der Waals surface area contributed by atoms with Crippen LogP contribution in [0.1, 0.15) is 17.6 Å². The molecule has 1 heterocycles. The van der Waals surface area contributed by atoms with E-state index in [9.17, 15) is 22.0 Å². The normalized spacial score (nSPS) is 12.2. The number of rotatable bonds is 1. The zero-order valence-corrected chi connectivity index (χ0v) is 8.03. The maximum Gasteiger partial charge on any atom is 0.418 e. The van der Waals surface area contributed by atoms with Gasteiger partial charge in [-0.3, -0.25) is 4.98 Å². The molecule has 0 atom stereocenters. The van der Waals surface area contributed by atoms with Crippen molar-refractivity contribution >= 4 is 15.9 Å². The van der Waals surface area contributed by atoms with Crippen LogP contribution in [0.3, 0.4) is 0 Å². The summed E-state index contributed by atoms with van der Waals surface area (Å²) in [5, 5.41) is 0. The lowest BCUT2D eigenvalue weighted by atomic mass is 10.1. The SMILES string of the molecule is FC(F)c1cncc(Br)c1C(F)(F)F. The fourth-order valence-corrected chi connectivity index (χ4v) is 1.49. The maximum atomic E-state index is 12.3. The van der Waals surface area contributed by atoms with Gasteiger partial charge in [0.05, 0.1) is 5.56 Å². The molecule has 0 saturated carbocycles. The van der Waals surface area contributed by atoms with Crippen molar-refractivity contribution in [2.24, 2.45) is 0 Å². The second-order valence-corrected chi connectivity index (χ2v) is 3.24. The Morgan fingerprint density at radius 3 is 2.14 bits per heavy atom. The van der Waals surface area contributed by atoms with Crippen LogP contribution >= 0.6 is 15.9 Å². The van der Waals surface area contributed by atoms with Crippen LogP contribution in [-0.2, 0) is 6.18 Å². The lowest BCUT2D eigenvalue weighted by molar-refractivity contribution is -0.140. The van der Waals surface area contributed by atoms with Gasteiger partial charge in [-0.05, 0) is 15.9 Å². The molecule has 0 aliphatic heterocycles. The topological polar surface area (TPSA) is 12.9 Å². The number of pyridine rings is 1. The van der Waals surface area contributed by atoms with Gasteiger partial charge < -0.3 is 0 Å². The molecule has 78 valence electrons. The molecule has 1 nitrogen and oxygen atoms in total. The molecule has 0 aliphatic rings. The predicted molar refractivity (Wildman–Crippen MR) is 41.9 cm³/mol. The molecule has 0 aromatic carbocycles. The summed E-state index contributed by atoms with van der Waals surface area (Å²) in [4.78, 5) is 3.25. The molecule has 14 heavy (non-hydrogen) atoms. The minimum atomic E-state index is -4.81. The highest BCUT2D eigenvalue weighted by Crippen LogP contribution is 2.39. The largest absolute Gasteiger partial charge is 0.418 e. The molecule has 7 heteroatoms. The minimum Gasteiger partial charge on any atom is -0.263 e. The van der Waals surface area contributed by atoms with Crippen molar-refractivity contribution in [3.63, 3.8) is 0 Å². The second-order valence-electron chi connectivity index (χ2n) is 2.38. The second kappa shape index (κ2) is 3.80. The molecule has 1 aromatic heterocycles. The van der Waals surface area contributed by atoms with Gasteiger partial charge in [-0.2, -0.15) is 13.2 Å². The Morgan fingerprint density at radius 1 is 1.21 bits per heavy atom. The molecule has 0 N–H and O–H groups in total. The summed E-state index contributed by atoms with van der Waals surface area (Å²) in [6.07, 6.45) is -6.67. The van der Waals surface area contributed by atoms with Gasteiger partial charge >= 0.3 is 6.18 Å². The van der Waals surface area contributed by atoms with E-state index in [0.29, 0.717) is 6.20 Å². The van der Waals surface area contributed by atoms with Crippen molar-refractivity contribution in [3.05, 3.63) is 28.0 Å². The van der Waals surface area contributed by atoms with Crippen molar-refractivity contribution in [2.45, 2.75) is 12.6 Å². The van der Waals surface area contributed by atoms with Crippen LogP contribution in [0.5, 0.6) is 0 Å². The molecule has 0 amide bonds. The number of aromatic nitrogens is 1. The number of alkyl halides is 5. The van der Waals surface area contributed by atoms with Crippen molar-refractivity contribution in [1.82, 2.24) is 4.98 Å². The van der Waals surface area contributed by atoms with Gasteiger partial charge in [-0.25, -0.2) is 8.78 Å². The molecule has 0 radical (unpaired) electrons. The highest BCUT2D eigenvalue weighted by Gasteiger charge is 2.38. The van der Waals surface area contributed by atoms with E-state index in [1.165, 1.54) is 0 Å². The molecule has 0 saturated heterocycles. The number of halogens is 6. The molecular formula is C7H3BrF5N. The van der Waals surface area contributed by atoms with E-state index >= 15 is 0 Å². The minimum absolute atomic E-state index is 0.484. The van der Waals surface area contributed by atoms with Gasteiger partial charge in [0.1, 0.15) is 0 Å². The Bertz CT molecular complexity index is 335. The number of hydrogen-bond acceptors (Lipinski definition) is 1. The highest BCUT2D eigenvalue weighted by atomic mass is 79.9. The highest BCUT2D eigenvalue weighted by molar-refractivity contribution is 9.10. The monoisotopic (exact) mass is 275 g/mol. The van der Waals surface area contributed by atoms with Crippen molar-refractivity contribution in [1.29, 1.82) is 0 Å². The number of hydrogen-bond donors (Lipinski definition) is 0. The first kappa shape index (κ1) is 11.4. The van der Waals surface area contributed by atoms with Crippen LogP contribution in [-0.4, -0.2) is 4.98 Å². The zero-order valence-electron chi connectivity index (χ0n) is 6.45. The first-order valence-electron chi connectivity index (χ1n) is 3.32. The third-order valence-corrected chi connectivity index (χ3v) is 2.05. The fourth-order valence-electron chi connectivity index (χ4n) is 0.915. The fraction of sp³-hybridized carbons (Fsp3) is 0.286. The Hall–Kier alpha value is -0.720. The Labute approximate surface area is 84.1 Å². The summed E-state index contributed by atoms with van der Waals surface area (Å²) >= 11 is 2.54. The molecule has 0 spiro atoms. The molecule has 0 aliphatic carbocycles. The first-order valence-corrected chi connectivity index (χ1v) is 4.12. The van der Waals surface area contributed by atoms with E-state index in [-0.39, 0.29) is 0 Å². The lowest BCUT2D eigenvalue weighted by Crippen LogP contribution is -2.11. The molecule has 0 unspecified atom stereocenters. The molecular weight excluding hydrogens is 273 g/mol. The van der Waals surface area contributed by atoms with Crippen LogP contribution in [0.2, 0.25) is 0 Å². The predicted octanol–water partition coefficient (Wildman–Crippen LogP) is 3.80. The van der Waals surface area contributed by atoms with E-state index in [0.717, 1.165) is 6.20 Å². The quantitative estimate of drug-likeness (QED) is 0.711. The van der Waals surface area contributed by atoms with Crippen LogP contribution in [0.15, 0.2) is 16.9 Å². The first-order chi connectivity index (χ1) is 6.34. The molecule has 0 fully saturated rings. The summed E-state index contributed by atoms with van der Waals surface area (Å²) in [5.41, 5.74) is -2.49. The van der Waals surface area contributed by atoms with Crippen molar-refractivity contribution in [3.8, 4) is 0 Å². The Kier molecular flexibility index (Phi) is 3.08. The van der Waals surface area contributed by atoms with Gasteiger partial charge in [0.25, 0.3) is 6.43 Å². The third kappa shape index (κ3) is 2.20.